The number of para-hydroxylation sites is 1. The average Bonchev–Trinajstić information content (AvgIpc) is 2.28. The highest BCUT2D eigenvalue weighted by atomic mass is 79.9. The molecular weight excluding hydrogens is 310 g/mol. The Morgan fingerprint density at radius 2 is 2.00 bits per heavy atom. The molecule has 1 atom stereocenters. The molecule has 0 heterocycles. The number of hydrogen-bond donors (Lipinski definition) is 0. The molecule has 0 aliphatic carbocycles. The molecule has 0 aromatic heterocycles. The highest BCUT2D eigenvalue weighted by Crippen LogP contribution is 2.25. The highest BCUT2D eigenvalue weighted by Gasteiger charge is 2.26. The van der Waals surface area contributed by atoms with Crippen LogP contribution in [-0.4, -0.2) is 24.4 Å². The van der Waals surface area contributed by atoms with Crippen LogP contribution in [0.1, 0.15) is 6.92 Å². The normalized spacial score (nSPS) is 13.3. The Hall–Kier alpha value is -0.950. The summed E-state index contributed by atoms with van der Waals surface area (Å²) in [6.07, 6.45) is 0. The Bertz CT molecular complexity index is 515. The Balaban J connectivity index is 3.20. The van der Waals surface area contributed by atoms with Crippen molar-refractivity contribution < 1.29 is 13.3 Å². The molecule has 0 bridgehead atoms. The van der Waals surface area contributed by atoms with Crippen LogP contribution in [0.5, 0.6) is 0 Å². The summed E-state index contributed by atoms with van der Waals surface area (Å²) in [6, 6.07) is 5.41. The molecule has 17 heavy (non-hydrogen) atoms. The number of benzene rings is 1. The molecule has 5 nitrogen and oxygen atoms in total. The van der Waals surface area contributed by atoms with E-state index in [1.807, 2.05) is 0 Å². The topological polar surface area (TPSA) is 77.3 Å². The largest absolute Gasteiger partial charge is 0.287 e. The maximum atomic E-state index is 12.0. The van der Waals surface area contributed by atoms with Crippen molar-refractivity contribution in [3.05, 3.63) is 34.4 Å². The number of nitro benzene ring substituents is 1. The summed E-state index contributed by atoms with van der Waals surface area (Å²) in [5.74, 6) is -0.205. The van der Waals surface area contributed by atoms with Gasteiger partial charge in [0.15, 0.2) is 9.84 Å². The number of halogens is 1. The molecule has 1 aromatic rings. The van der Waals surface area contributed by atoms with Gasteiger partial charge >= 0.3 is 0 Å². The van der Waals surface area contributed by atoms with Gasteiger partial charge in [-0.2, -0.15) is 0 Å². The van der Waals surface area contributed by atoms with Crippen LogP contribution < -0.4 is 0 Å². The number of rotatable bonds is 5. The molecule has 0 saturated heterocycles. The second-order valence-electron chi connectivity index (χ2n) is 3.77. The number of nitrogens with zero attached hydrogens (tertiary/aromatic N) is 1. The first-order chi connectivity index (χ1) is 7.88. The van der Waals surface area contributed by atoms with Crippen molar-refractivity contribution in [2.45, 2.75) is 11.8 Å². The molecule has 0 radical (unpaired) electrons. The smallest absolute Gasteiger partial charge is 0.258 e. The number of sulfone groups is 1. The monoisotopic (exact) mass is 321 g/mol. The van der Waals surface area contributed by atoms with Crippen LogP contribution in [-0.2, 0) is 9.84 Å². The van der Waals surface area contributed by atoms with E-state index < -0.39 is 14.8 Å². The fraction of sp³-hybridized carbons (Fsp3) is 0.400. The first-order valence-electron chi connectivity index (χ1n) is 4.90. The zero-order valence-corrected chi connectivity index (χ0v) is 11.6. The van der Waals surface area contributed by atoms with E-state index in [4.69, 9.17) is 0 Å². The lowest BCUT2D eigenvalue weighted by Gasteiger charge is -2.08. The molecule has 94 valence electrons. The number of hydrogen-bond acceptors (Lipinski definition) is 4. The minimum absolute atomic E-state index is 0.0974. The Morgan fingerprint density at radius 3 is 2.53 bits per heavy atom. The van der Waals surface area contributed by atoms with Gasteiger partial charge in [0.2, 0.25) is 0 Å². The minimum Gasteiger partial charge on any atom is -0.258 e. The maximum absolute atomic E-state index is 12.0. The maximum Gasteiger partial charge on any atom is 0.287 e. The fourth-order valence-electron chi connectivity index (χ4n) is 1.38. The van der Waals surface area contributed by atoms with Crippen molar-refractivity contribution in [2.75, 3.05) is 11.1 Å². The molecule has 0 fully saturated rings. The van der Waals surface area contributed by atoms with Crippen molar-refractivity contribution in [1.82, 2.24) is 0 Å². The summed E-state index contributed by atoms with van der Waals surface area (Å²) in [5, 5.41) is 11.3. The van der Waals surface area contributed by atoms with E-state index in [0.717, 1.165) is 0 Å². The quantitative estimate of drug-likeness (QED) is 0.474. The molecule has 0 aliphatic heterocycles. The van der Waals surface area contributed by atoms with E-state index in [-0.39, 0.29) is 22.3 Å². The van der Waals surface area contributed by atoms with Gasteiger partial charge in [-0.1, -0.05) is 35.0 Å². The Morgan fingerprint density at radius 1 is 1.41 bits per heavy atom. The summed E-state index contributed by atoms with van der Waals surface area (Å²) in [6.45, 7) is 1.76. The number of alkyl halides is 1. The second-order valence-corrected chi connectivity index (χ2v) is 6.42. The molecule has 1 rings (SSSR count). The Kier molecular flexibility index (Phi) is 4.64. The van der Waals surface area contributed by atoms with Crippen LogP contribution >= 0.6 is 15.9 Å². The van der Waals surface area contributed by atoms with Gasteiger partial charge in [0.05, 0.1) is 10.7 Å². The third-order valence-electron chi connectivity index (χ3n) is 2.16. The predicted molar refractivity (Wildman–Crippen MR) is 68.1 cm³/mol. The first-order valence-corrected chi connectivity index (χ1v) is 7.68. The summed E-state index contributed by atoms with van der Waals surface area (Å²) in [5.41, 5.74) is -0.366. The van der Waals surface area contributed by atoms with Gasteiger partial charge in [0, 0.05) is 11.4 Å². The van der Waals surface area contributed by atoms with E-state index in [1.54, 1.807) is 6.92 Å². The minimum atomic E-state index is -3.62. The van der Waals surface area contributed by atoms with E-state index in [9.17, 15) is 18.5 Å². The summed E-state index contributed by atoms with van der Waals surface area (Å²) in [4.78, 5) is 9.87. The summed E-state index contributed by atoms with van der Waals surface area (Å²) >= 11 is 3.19. The molecule has 0 spiro atoms. The standard InChI is InChI=1S/C10H12BrNO4S/c1-8(6-11)7-17(15,16)10-5-3-2-4-9(10)12(13)14/h2-5,8H,6-7H2,1H3. The highest BCUT2D eigenvalue weighted by molar-refractivity contribution is 9.09. The van der Waals surface area contributed by atoms with Gasteiger partial charge in [0.25, 0.3) is 5.69 Å². The molecule has 0 amide bonds. The SMILES string of the molecule is CC(CBr)CS(=O)(=O)c1ccccc1[N+](=O)[O-]. The lowest BCUT2D eigenvalue weighted by Crippen LogP contribution is -2.16. The molecule has 1 aromatic carbocycles. The lowest BCUT2D eigenvalue weighted by molar-refractivity contribution is -0.387. The molecule has 0 saturated carbocycles. The second kappa shape index (κ2) is 5.59. The zero-order chi connectivity index (χ0) is 13.1. The number of nitro groups is 1. The average molecular weight is 322 g/mol. The van der Waals surface area contributed by atoms with Crippen LogP contribution in [0, 0.1) is 16.0 Å². The third-order valence-corrected chi connectivity index (χ3v) is 5.29. The van der Waals surface area contributed by atoms with E-state index in [0.29, 0.717) is 5.33 Å². The fourth-order valence-corrected chi connectivity index (χ4v) is 3.71. The van der Waals surface area contributed by atoms with Gasteiger partial charge in [-0.15, -0.1) is 0 Å². The van der Waals surface area contributed by atoms with E-state index >= 15 is 0 Å². The molecule has 0 N–H and O–H groups in total. The van der Waals surface area contributed by atoms with Gasteiger partial charge in [0.1, 0.15) is 4.90 Å². The molecule has 0 aliphatic rings. The molecular formula is C10H12BrNO4S. The predicted octanol–water partition coefficient (Wildman–Crippen LogP) is 2.40. The van der Waals surface area contributed by atoms with Gasteiger partial charge in [-0.3, -0.25) is 10.1 Å². The van der Waals surface area contributed by atoms with Crippen molar-refractivity contribution in [3.63, 3.8) is 0 Å². The van der Waals surface area contributed by atoms with Crippen molar-refractivity contribution in [2.24, 2.45) is 5.92 Å². The van der Waals surface area contributed by atoms with Gasteiger partial charge in [-0.05, 0) is 12.0 Å². The van der Waals surface area contributed by atoms with Gasteiger partial charge < -0.3 is 0 Å². The van der Waals surface area contributed by atoms with Gasteiger partial charge in [-0.25, -0.2) is 8.42 Å². The van der Waals surface area contributed by atoms with Crippen molar-refractivity contribution in [3.8, 4) is 0 Å². The summed E-state index contributed by atoms with van der Waals surface area (Å²) in [7, 11) is -3.62. The van der Waals surface area contributed by atoms with Crippen LogP contribution in [0.4, 0.5) is 5.69 Å². The van der Waals surface area contributed by atoms with E-state index in [1.165, 1.54) is 24.3 Å². The van der Waals surface area contributed by atoms with Crippen LogP contribution in [0.3, 0.4) is 0 Å². The first kappa shape index (κ1) is 14.1. The summed E-state index contributed by atoms with van der Waals surface area (Å²) < 4.78 is 24.0. The van der Waals surface area contributed by atoms with Crippen molar-refractivity contribution in [1.29, 1.82) is 0 Å². The molecule has 1 unspecified atom stereocenters. The molecule has 7 heteroatoms. The Labute approximate surface area is 108 Å². The van der Waals surface area contributed by atoms with Crippen LogP contribution in [0.25, 0.3) is 0 Å². The third kappa shape index (κ3) is 3.50. The zero-order valence-electron chi connectivity index (χ0n) is 9.17. The van der Waals surface area contributed by atoms with Crippen LogP contribution in [0.2, 0.25) is 0 Å². The van der Waals surface area contributed by atoms with Crippen molar-refractivity contribution >= 4 is 31.5 Å². The van der Waals surface area contributed by atoms with Crippen LogP contribution in [0.15, 0.2) is 29.2 Å². The van der Waals surface area contributed by atoms with E-state index in [2.05, 4.69) is 15.9 Å². The lowest BCUT2D eigenvalue weighted by atomic mass is 10.3.